The maximum absolute atomic E-state index is 13.0. The Morgan fingerprint density at radius 1 is 0.264 bits per heavy atom. The molecular formula is C72H140O17P2. The van der Waals surface area contributed by atoms with Gasteiger partial charge in [-0.3, -0.25) is 37.3 Å². The minimum Gasteiger partial charge on any atom is -0.462 e. The van der Waals surface area contributed by atoms with Crippen molar-refractivity contribution in [1.82, 2.24) is 0 Å². The third kappa shape index (κ3) is 66.5. The van der Waals surface area contributed by atoms with Crippen LogP contribution in [0.3, 0.4) is 0 Å². The van der Waals surface area contributed by atoms with E-state index in [2.05, 4.69) is 27.7 Å². The first-order valence-electron chi connectivity index (χ1n) is 37.8. The summed E-state index contributed by atoms with van der Waals surface area (Å²) in [5.74, 6) is -2.12. The Hall–Kier alpha value is -1.94. The van der Waals surface area contributed by atoms with E-state index in [0.717, 1.165) is 89.9 Å². The number of esters is 4. The zero-order valence-corrected chi connectivity index (χ0v) is 60.6. The fourth-order valence-corrected chi connectivity index (χ4v) is 12.6. The van der Waals surface area contributed by atoms with Crippen molar-refractivity contribution in [3.05, 3.63) is 0 Å². The molecule has 0 aromatic rings. The van der Waals surface area contributed by atoms with Gasteiger partial charge in [0.25, 0.3) is 0 Å². The number of phosphoric ester groups is 2. The molecule has 0 bridgehead atoms. The van der Waals surface area contributed by atoms with Gasteiger partial charge in [-0.05, 0) is 25.7 Å². The van der Waals surface area contributed by atoms with Crippen LogP contribution in [0.5, 0.6) is 0 Å². The van der Waals surface area contributed by atoms with Gasteiger partial charge >= 0.3 is 39.5 Å². The van der Waals surface area contributed by atoms with Crippen molar-refractivity contribution < 1.29 is 80.2 Å². The maximum Gasteiger partial charge on any atom is 0.472 e. The average molecular weight is 1340 g/mol. The lowest BCUT2D eigenvalue weighted by Crippen LogP contribution is -2.30. The van der Waals surface area contributed by atoms with E-state index in [9.17, 15) is 43.2 Å². The number of rotatable bonds is 73. The Bertz CT molecular complexity index is 1740. The number of aliphatic hydroxyl groups excluding tert-OH is 1. The Morgan fingerprint density at radius 3 is 0.648 bits per heavy atom. The van der Waals surface area contributed by atoms with Gasteiger partial charge in [0.15, 0.2) is 12.2 Å². The number of phosphoric acid groups is 2. The van der Waals surface area contributed by atoms with Gasteiger partial charge in [0.2, 0.25) is 0 Å². The molecule has 0 rings (SSSR count). The molecule has 5 atom stereocenters. The molecule has 540 valence electrons. The molecule has 0 amide bonds. The van der Waals surface area contributed by atoms with Crippen LogP contribution in [0.15, 0.2) is 0 Å². The molecule has 0 saturated carbocycles. The van der Waals surface area contributed by atoms with Crippen molar-refractivity contribution in [3.63, 3.8) is 0 Å². The van der Waals surface area contributed by atoms with Crippen LogP contribution in [0.2, 0.25) is 0 Å². The minimum atomic E-state index is -4.95. The lowest BCUT2D eigenvalue weighted by Gasteiger charge is -2.21. The van der Waals surface area contributed by atoms with Crippen LogP contribution in [0.25, 0.3) is 0 Å². The molecular weight excluding hydrogens is 1200 g/mol. The van der Waals surface area contributed by atoms with E-state index in [4.69, 9.17) is 37.0 Å². The summed E-state index contributed by atoms with van der Waals surface area (Å²) in [6.07, 6.45) is 55.3. The summed E-state index contributed by atoms with van der Waals surface area (Å²) < 4.78 is 68.3. The van der Waals surface area contributed by atoms with Crippen molar-refractivity contribution >= 4 is 39.5 Å². The van der Waals surface area contributed by atoms with Gasteiger partial charge in [0, 0.05) is 25.7 Å². The molecule has 0 radical (unpaired) electrons. The number of carbonyl (C=O) groups is 4. The number of hydrogen-bond donors (Lipinski definition) is 3. The number of hydrogen-bond acceptors (Lipinski definition) is 15. The van der Waals surface area contributed by atoms with Gasteiger partial charge < -0.3 is 33.8 Å². The largest absolute Gasteiger partial charge is 0.472 e. The van der Waals surface area contributed by atoms with Gasteiger partial charge in [-0.1, -0.05) is 329 Å². The summed E-state index contributed by atoms with van der Waals surface area (Å²) in [5, 5.41) is 10.6. The second-order valence-electron chi connectivity index (χ2n) is 26.0. The third-order valence-electron chi connectivity index (χ3n) is 16.9. The first-order valence-corrected chi connectivity index (χ1v) is 40.8. The minimum absolute atomic E-state index is 0.108. The molecule has 0 heterocycles. The number of aliphatic hydroxyl groups is 1. The first kappa shape index (κ1) is 89.1. The summed E-state index contributed by atoms with van der Waals surface area (Å²) >= 11 is 0. The van der Waals surface area contributed by atoms with Crippen LogP contribution in [-0.2, 0) is 65.4 Å². The van der Waals surface area contributed by atoms with Crippen molar-refractivity contribution in [3.8, 4) is 0 Å². The van der Waals surface area contributed by atoms with E-state index in [-0.39, 0.29) is 25.7 Å². The zero-order valence-electron chi connectivity index (χ0n) is 58.8. The highest BCUT2D eigenvalue weighted by Crippen LogP contribution is 2.45. The lowest BCUT2D eigenvalue weighted by atomic mass is 10.0. The van der Waals surface area contributed by atoms with Crippen LogP contribution in [-0.4, -0.2) is 96.7 Å². The van der Waals surface area contributed by atoms with Crippen LogP contribution in [0.4, 0.5) is 0 Å². The quantitative estimate of drug-likeness (QED) is 0.0222. The monoisotopic (exact) mass is 1340 g/mol. The van der Waals surface area contributed by atoms with Crippen molar-refractivity contribution in [1.29, 1.82) is 0 Å². The van der Waals surface area contributed by atoms with E-state index < -0.39 is 97.5 Å². The van der Waals surface area contributed by atoms with Gasteiger partial charge in [0.1, 0.15) is 19.3 Å². The summed E-state index contributed by atoms with van der Waals surface area (Å²) in [4.78, 5) is 72.6. The molecule has 91 heavy (non-hydrogen) atoms. The summed E-state index contributed by atoms with van der Waals surface area (Å²) in [6, 6.07) is 0. The van der Waals surface area contributed by atoms with E-state index in [0.29, 0.717) is 25.7 Å². The molecule has 2 unspecified atom stereocenters. The molecule has 0 aromatic carbocycles. The van der Waals surface area contributed by atoms with E-state index in [1.807, 2.05) is 0 Å². The third-order valence-corrected chi connectivity index (χ3v) is 18.8. The highest BCUT2D eigenvalue weighted by atomic mass is 31.2. The fourth-order valence-electron chi connectivity index (χ4n) is 11.0. The summed E-state index contributed by atoms with van der Waals surface area (Å²) in [6.45, 7) is 4.95. The second-order valence-corrected chi connectivity index (χ2v) is 28.9. The highest BCUT2D eigenvalue weighted by Gasteiger charge is 2.30. The van der Waals surface area contributed by atoms with Gasteiger partial charge in [-0.15, -0.1) is 0 Å². The van der Waals surface area contributed by atoms with Crippen molar-refractivity contribution in [2.24, 2.45) is 0 Å². The highest BCUT2D eigenvalue weighted by molar-refractivity contribution is 7.47. The van der Waals surface area contributed by atoms with E-state index in [1.54, 1.807) is 0 Å². The predicted octanol–water partition coefficient (Wildman–Crippen LogP) is 21.1. The average Bonchev–Trinajstić information content (AvgIpc) is 2.29. The Labute approximate surface area is 556 Å². The standard InChI is InChI=1S/C72H140O17P2/c1-5-9-13-17-21-25-28-31-34-37-40-43-47-51-55-59-72(77)89-68(63-83-70(75)57-53-49-45-41-38-35-32-29-26-22-18-14-10-6-2)65-87-91(80,81)85-61-66(73)60-84-90(78,79)86-64-67(62-82-69(74)56-52-48-44-24-20-16-12-8-4)88-71(76)58-54-50-46-42-39-36-33-30-27-23-19-15-11-7-3/h66-68,73H,5-65H2,1-4H3,(H,78,79)(H,80,81)/t66-,67+,68+/m0/s1. The SMILES string of the molecule is CCCCCCCCCCCCCCCCCC(=O)O[C@H](COC(=O)CCCCCCCCCCCCCCCC)COP(=O)(O)OC[C@@H](O)COP(=O)(O)OC[C@@H](COC(=O)CCCCCCCCCC)OC(=O)CCCCCCCCCCCCCCCC. The van der Waals surface area contributed by atoms with Crippen molar-refractivity contribution in [2.75, 3.05) is 39.6 Å². The molecule has 0 aliphatic heterocycles. The van der Waals surface area contributed by atoms with Crippen LogP contribution in [0, 0.1) is 0 Å². The molecule has 17 nitrogen and oxygen atoms in total. The number of ether oxygens (including phenoxy) is 4. The molecule has 0 aromatic heterocycles. The van der Waals surface area contributed by atoms with Gasteiger partial charge in [0.05, 0.1) is 26.4 Å². The molecule has 19 heteroatoms. The van der Waals surface area contributed by atoms with E-state index >= 15 is 0 Å². The number of unbranched alkanes of at least 4 members (excludes halogenated alkanes) is 47. The number of carbonyl (C=O) groups excluding carboxylic acids is 4. The topological polar surface area (TPSA) is 237 Å². The molecule has 0 aliphatic rings. The molecule has 0 aliphatic carbocycles. The molecule has 0 fully saturated rings. The van der Waals surface area contributed by atoms with Crippen LogP contribution >= 0.6 is 15.6 Å². The first-order chi connectivity index (χ1) is 44.2. The Balaban J connectivity index is 5.22. The fraction of sp³-hybridized carbons (Fsp3) is 0.944. The lowest BCUT2D eigenvalue weighted by molar-refractivity contribution is -0.161. The summed E-state index contributed by atoms with van der Waals surface area (Å²) in [7, 11) is -9.90. The Morgan fingerprint density at radius 2 is 0.440 bits per heavy atom. The summed E-state index contributed by atoms with van der Waals surface area (Å²) in [5.41, 5.74) is 0. The van der Waals surface area contributed by atoms with Crippen LogP contribution in [0.1, 0.15) is 381 Å². The maximum atomic E-state index is 13.0. The van der Waals surface area contributed by atoms with Gasteiger partial charge in [-0.2, -0.15) is 0 Å². The predicted molar refractivity (Wildman–Crippen MR) is 368 cm³/mol. The smallest absolute Gasteiger partial charge is 0.462 e. The second kappa shape index (κ2) is 66.7. The molecule has 0 spiro atoms. The molecule has 3 N–H and O–H groups in total. The van der Waals surface area contributed by atoms with Crippen LogP contribution < -0.4 is 0 Å². The normalized spacial score (nSPS) is 14.0. The zero-order chi connectivity index (χ0) is 66.8. The van der Waals surface area contributed by atoms with Gasteiger partial charge in [-0.25, -0.2) is 9.13 Å². The Kier molecular flexibility index (Phi) is 65.2. The molecule has 0 saturated heterocycles. The van der Waals surface area contributed by atoms with E-state index in [1.165, 1.54) is 212 Å². The van der Waals surface area contributed by atoms with Crippen molar-refractivity contribution in [2.45, 2.75) is 399 Å².